The maximum atomic E-state index is 13.7. The lowest BCUT2D eigenvalue weighted by Crippen LogP contribution is -2.15. The van der Waals surface area contributed by atoms with E-state index in [9.17, 15) is 19.3 Å². The summed E-state index contributed by atoms with van der Waals surface area (Å²) in [4.78, 5) is 22.4. The third kappa shape index (κ3) is 3.35. The van der Waals surface area contributed by atoms with Gasteiger partial charge >= 0.3 is 0 Å². The maximum Gasteiger partial charge on any atom is 0.270 e. The predicted octanol–water partition coefficient (Wildman–Crippen LogP) is 3.90. The van der Waals surface area contributed by atoms with Gasteiger partial charge < -0.3 is 5.32 Å². The van der Waals surface area contributed by atoms with E-state index >= 15 is 0 Å². The van der Waals surface area contributed by atoms with Gasteiger partial charge in [-0.05, 0) is 47.2 Å². The fourth-order valence-corrected chi connectivity index (χ4v) is 2.35. The molecule has 0 bridgehead atoms. The number of para-hydroxylation sites is 1. The lowest BCUT2D eigenvalue weighted by atomic mass is 10.1. The second-order valence-electron chi connectivity index (χ2n) is 4.31. The molecule has 0 atom stereocenters. The smallest absolute Gasteiger partial charge is 0.270 e. The number of nitrogens with one attached hydrogen (secondary N) is 1. The molecule has 0 saturated heterocycles. The molecule has 0 aliphatic carbocycles. The molecule has 2 aromatic rings. The molecule has 2 rings (SSSR count). The van der Waals surface area contributed by atoms with Crippen molar-refractivity contribution in [2.24, 2.45) is 0 Å². The monoisotopic (exact) mass is 400 g/mol. The molecule has 0 heterocycles. The van der Waals surface area contributed by atoms with Crippen molar-refractivity contribution < 1.29 is 14.1 Å². The molecule has 1 N–H and O–H groups in total. The van der Waals surface area contributed by atoms with Gasteiger partial charge in [0.15, 0.2) is 0 Å². The van der Waals surface area contributed by atoms with Gasteiger partial charge in [0, 0.05) is 15.7 Å². The lowest BCUT2D eigenvalue weighted by Gasteiger charge is -2.10. The van der Waals surface area contributed by atoms with Crippen LogP contribution in [-0.4, -0.2) is 10.8 Å². The van der Waals surface area contributed by atoms with E-state index in [0.717, 1.165) is 0 Å². The zero-order valence-corrected chi connectivity index (χ0v) is 13.0. The third-order valence-corrected chi connectivity index (χ3v) is 3.81. The molecule has 0 aromatic heterocycles. The van der Waals surface area contributed by atoms with Crippen LogP contribution in [0.2, 0.25) is 0 Å². The van der Waals surface area contributed by atoms with Crippen LogP contribution in [0.5, 0.6) is 0 Å². The summed E-state index contributed by atoms with van der Waals surface area (Å²) in [6.07, 6.45) is 0. The number of anilines is 1. The van der Waals surface area contributed by atoms with Crippen LogP contribution in [0.4, 0.5) is 15.8 Å². The van der Waals surface area contributed by atoms with Gasteiger partial charge in [-0.1, -0.05) is 12.1 Å². The summed E-state index contributed by atoms with van der Waals surface area (Å²) >= 11 is 1.90. The Hall–Kier alpha value is -2.03. The number of nitro benzene ring substituents is 1. The number of non-ortho nitro benzene ring substituents is 1. The van der Waals surface area contributed by atoms with Crippen LogP contribution in [0.3, 0.4) is 0 Å². The first-order valence-electron chi connectivity index (χ1n) is 5.90. The number of aryl methyl sites for hydroxylation is 1. The average Bonchev–Trinajstić information content (AvgIpc) is 2.43. The summed E-state index contributed by atoms with van der Waals surface area (Å²) in [5.74, 6) is -1.14. The Kier molecular flexibility index (Phi) is 4.51. The van der Waals surface area contributed by atoms with Gasteiger partial charge in [0.2, 0.25) is 0 Å². The summed E-state index contributed by atoms with van der Waals surface area (Å²) in [6, 6.07) is 8.40. The molecule has 0 fully saturated rings. The van der Waals surface area contributed by atoms with Crippen LogP contribution in [-0.2, 0) is 0 Å². The van der Waals surface area contributed by atoms with Gasteiger partial charge in [-0.25, -0.2) is 4.39 Å². The lowest BCUT2D eigenvalue weighted by molar-refractivity contribution is -0.384. The van der Waals surface area contributed by atoms with Crippen LogP contribution < -0.4 is 5.32 Å². The van der Waals surface area contributed by atoms with E-state index in [-0.39, 0.29) is 16.9 Å². The fraction of sp³-hybridized carbons (Fsp3) is 0.0714. The second kappa shape index (κ2) is 6.17. The average molecular weight is 400 g/mol. The number of carbonyl (C=O) groups excluding carboxylic acids is 1. The summed E-state index contributed by atoms with van der Waals surface area (Å²) in [5, 5.41) is 13.2. The molecule has 0 unspecified atom stereocenters. The normalized spacial score (nSPS) is 10.2. The minimum atomic E-state index is -0.587. The molecule has 0 radical (unpaired) electrons. The zero-order chi connectivity index (χ0) is 15.6. The Morgan fingerprint density at radius 1 is 1.33 bits per heavy atom. The largest absolute Gasteiger partial charge is 0.319 e. The van der Waals surface area contributed by atoms with Crippen molar-refractivity contribution in [1.29, 1.82) is 0 Å². The molecular formula is C14H10FIN2O3. The summed E-state index contributed by atoms with van der Waals surface area (Å²) < 4.78 is 14.3. The van der Waals surface area contributed by atoms with Gasteiger partial charge in [0.25, 0.3) is 11.6 Å². The Balaban J connectivity index is 2.37. The highest BCUT2D eigenvalue weighted by atomic mass is 127. The molecule has 0 spiro atoms. The van der Waals surface area contributed by atoms with Gasteiger partial charge in [0.1, 0.15) is 5.82 Å². The minimum Gasteiger partial charge on any atom is -0.319 e. The van der Waals surface area contributed by atoms with E-state index in [1.54, 1.807) is 13.0 Å². The SMILES string of the molecule is Cc1cccc(F)c1NC(=O)c1cc([N+](=O)[O-])ccc1I. The molecule has 1 amide bonds. The van der Waals surface area contributed by atoms with Crippen molar-refractivity contribution >= 4 is 39.9 Å². The first-order valence-corrected chi connectivity index (χ1v) is 6.98. The van der Waals surface area contributed by atoms with E-state index in [2.05, 4.69) is 5.32 Å². The van der Waals surface area contributed by atoms with Gasteiger partial charge in [0.05, 0.1) is 16.2 Å². The van der Waals surface area contributed by atoms with Crippen LogP contribution in [0.1, 0.15) is 15.9 Å². The molecule has 21 heavy (non-hydrogen) atoms. The highest BCUT2D eigenvalue weighted by Crippen LogP contribution is 2.23. The maximum absolute atomic E-state index is 13.7. The standard InChI is InChI=1S/C14H10FIN2O3/c1-8-3-2-4-11(15)13(8)17-14(19)10-7-9(18(20)21)5-6-12(10)16/h2-7H,1H3,(H,17,19). The quantitative estimate of drug-likeness (QED) is 0.483. The number of nitrogens with zero attached hydrogens (tertiary/aromatic N) is 1. The number of rotatable bonds is 3. The Morgan fingerprint density at radius 2 is 2.05 bits per heavy atom. The van der Waals surface area contributed by atoms with Crippen molar-refractivity contribution in [2.45, 2.75) is 6.92 Å². The van der Waals surface area contributed by atoms with Gasteiger partial charge in [-0.3, -0.25) is 14.9 Å². The third-order valence-electron chi connectivity index (χ3n) is 2.87. The van der Waals surface area contributed by atoms with Crippen molar-refractivity contribution in [3.63, 3.8) is 0 Å². The Morgan fingerprint density at radius 3 is 2.67 bits per heavy atom. The highest BCUT2D eigenvalue weighted by Gasteiger charge is 2.17. The summed E-state index contributed by atoms with van der Waals surface area (Å²) in [7, 11) is 0. The molecule has 5 nitrogen and oxygen atoms in total. The van der Waals surface area contributed by atoms with E-state index in [1.807, 2.05) is 22.6 Å². The molecule has 0 saturated carbocycles. The molecular weight excluding hydrogens is 390 g/mol. The second-order valence-corrected chi connectivity index (χ2v) is 5.47. The highest BCUT2D eigenvalue weighted by molar-refractivity contribution is 14.1. The van der Waals surface area contributed by atoms with Gasteiger partial charge in [-0.2, -0.15) is 0 Å². The number of hydrogen-bond acceptors (Lipinski definition) is 3. The van der Waals surface area contributed by atoms with Crippen LogP contribution in [0.15, 0.2) is 36.4 Å². The number of halogens is 2. The fourth-order valence-electron chi connectivity index (χ4n) is 1.77. The Labute approximate surface area is 133 Å². The van der Waals surface area contributed by atoms with E-state index < -0.39 is 16.6 Å². The topological polar surface area (TPSA) is 72.2 Å². The summed E-state index contributed by atoms with van der Waals surface area (Å²) in [5.41, 5.74) is 0.590. The number of amides is 1. The number of carbonyl (C=O) groups is 1. The van der Waals surface area contributed by atoms with Gasteiger partial charge in [-0.15, -0.1) is 0 Å². The molecule has 0 aliphatic heterocycles. The number of hydrogen-bond donors (Lipinski definition) is 1. The molecule has 7 heteroatoms. The molecule has 2 aromatic carbocycles. The van der Waals surface area contributed by atoms with Crippen molar-refractivity contribution in [1.82, 2.24) is 0 Å². The first kappa shape index (κ1) is 15.4. The molecule has 108 valence electrons. The van der Waals surface area contributed by atoms with Crippen LogP contribution in [0, 0.1) is 26.4 Å². The number of benzene rings is 2. The van der Waals surface area contributed by atoms with Crippen LogP contribution >= 0.6 is 22.6 Å². The Bertz CT molecular complexity index is 714. The van der Waals surface area contributed by atoms with Crippen molar-refractivity contribution in [3.05, 3.63) is 67.0 Å². The number of nitro groups is 1. The van der Waals surface area contributed by atoms with Crippen molar-refractivity contribution in [2.75, 3.05) is 5.32 Å². The molecule has 0 aliphatic rings. The van der Waals surface area contributed by atoms with Crippen molar-refractivity contribution in [3.8, 4) is 0 Å². The van der Waals surface area contributed by atoms with E-state index in [4.69, 9.17) is 0 Å². The summed E-state index contributed by atoms with van der Waals surface area (Å²) in [6.45, 7) is 1.66. The predicted molar refractivity (Wildman–Crippen MR) is 84.9 cm³/mol. The van der Waals surface area contributed by atoms with Crippen LogP contribution in [0.25, 0.3) is 0 Å². The first-order chi connectivity index (χ1) is 9.90. The minimum absolute atomic E-state index is 0.0739. The van der Waals surface area contributed by atoms with E-state index in [0.29, 0.717) is 9.13 Å². The zero-order valence-electron chi connectivity index (χ0n) is 10.9. The van der Waals surface area contributed by atoms with E-state index in [1.165, 1.54) is 30.3 Å².